The normalized spacial score (nSPS) is 12.0. The van der Waals surface area contributed by atoms with E-state index in [-0.39, 0.29) is 6.79 Å². The zero-order valence-corrected chi connectivity index (χ0v) is 22.2. The van der Waals surface area contributed by atoms with Crippen LogP contribution in [0.15, 0.2) is 11.7 Å². The highest BCUT2D eigenvalue weighted by atomic mass is 16.7. The molecule has 32 heavy (non-hydrogen) atoms. The van der Waals surface area contributed by atoms with Crippen molar-refractivity contribution in [3.05, 3.63) is 11.7 Å². The van der Waals surface area contributed by atoms with Crippen LogP contribution < -0.4 is 0 Å². The molecule has 0 saturated carbocycles. The molecule has 4 nitrogen and oxygen atoms in total. The molecule has 0 amide bonds. The van der Waals surface area contributed by atoms with E-state index in [1.807, 2.05) is 0 Å². The molecule has 0 spiro atoms. The van der Waals surface area contributed by atoms with Crippen LogP contribution >= 0.6 is 0 Å². The van der Waals surface area contributed by atoms with Gasteiger partial charge in [0.1, 0.15) is 0 Å². The smallest absolute Gasteiger partial charge is 0.321 e. The van der Waals surface area contributed by atoms with Gasteiger partial charge in [-0.25, -0.2) is 0 Å². The molecule has 0 fully saturated rings. The Morgan fingerprint density at radius 1 is 0.469 bits per heavy atom. The van der Waals surface area contributed by atoms with Crippen molar-refractivity contribution in [1.29, 1.82) is 0 Å². The lowest BCUT2D eigenvalue weighted by atomic mass is 10.1. The van der Waals surface area contributed by atoms with Crippen molar-refractivity contribution in [2.24, 2.45) is 0 Å². The number of allylic oxidation sites excluding steroid dienone is 1. The van der Waals surface area contributed by atoms with Crippen molar-refractivity contribution in [2.75, 3.05) is 27.1 Å². The van der Waals surface area contributed by atoms with E-state index in [0.717, 1.165) is 38.0 Å². The quantitative estimate of drug-likeness (QED) is 0.0738. The van der Waals surface area contributed by atoms with Crippen molar-refractivity contribution in [2.45, 2.75) is 143 Å². The fraction of sp³-hybridized carbons (Fsp3) is 0.929. The zero-order valence-electron chi connectivity index (χ0n) is 22.2. The third kappa shape index (κ3) is 21.0. The minimum Gasteiger partial charge on any atom is -0.491 e. The summed E-state index contributed by atoms with van der Waals surface area (Å²) >= 11 is 0. The van der Waals surface area contributed by atoms with E-state index in [2.05, 4.69) is 20.8 Å². The monoisotopic (exact) mass is 456 g/mol. The first-order chi connectivity index (χ1) is 15.8. The maximum atomic E-state index is 6.22. The van der Waals surface area contributed by atoms with Crippen LogP contribution in [-0.2, 0) is 18.9 Å². The SMILES string of the molecule is CCCCCCCCOC(CCCCCCCC)=C(OCCCCCCCC)OCOC. The number of ether oxygens (including phenoxy) is 4. The summed E-state index contributed by atoms with van der Waals surface area (Å²) in [7, 11) is 1.65. The summed E-state index contributed by atoms with van der Waals surface area (Å²) in [4.78, 5) is 0. The fourth-order valence-corrected chi connectivity index (χ4v) is 3.74. The molecule has 0 radical (unpaired) electrons. The molecule has 4 heteroatoms. The first kappa shape index (κ1) is 31.1. The summed E-state index contributed by atoms with van der Waals surface area (Å²) < 4.78 is 23.3. The minimum atomic E-state index is 0.201. The van der Waals surface area contributed by atoms with E-state index >= 15 is 0 Å². The summed E-state index contributed by atoms with van der Waals surface area (Å²) in [6.07, 6.45) is 23.6. The van der Waals surface area contributed by atoms with Gasteiger partial charge in [-0.1, -0.05) is 117 Å². The Morgan fingerprint density at radius 2 is 0.906 bits per heavy atom. The van der Waals surface area contributed by atoms with Crippen LogP contribution in [0.2, 0.25) is 0 Å². The first-order valence-electron chi connectivity index (χ1n) is 13.9. The lowest BCUT2D eigenvalue weighted by molar-refractivity contribution is -0.0692. The lowest BCUT2D eigenvalue weighted by Crippen LogP contribution is -2.09. The molecule has 0 saturated heterocycles. The highest BCUT2D eigenvalue weighted by Gasteiger charge is 2.13. The van der Waals surface area contributed by atoms with E-state index in [1.54, 1.807) is 7.11 Å². The molecule has 0 atom stereocenters. The Labute approximate surface area is 200 Å². The predicted octanol–water partition coefficient (Wildman–Crippen LogP) is 9.28. The summed E-state index contributed by atoms with van der Waals surface area (Å²) in [5.74, 6) is 1.44. The van der Waals surface area contributed by atoms with Crippen LogP contribution in [0.3, 0.4) is 0 Å². The van der Waals surface area contributed by atoms with E-state index in [1.165, 1.54) is 96.3 Å². The highest BCUT2D eigenvalue weighted by molar-refractivity contribution is 4.95. The van der Waals surface area contributed by atoms with E-state index in [4.69, 9.17) is 18.9 Å². The van der Waals surface area contributed by atoms with Crippen LogP contribution in [-0.4, -0.2) is 27.1 Å². The zero-order chi connectivity index (χ0) is 23.5. The molecule has 0 aliphatic heterocycles. The van der Waals surface area contributed by atoms with Gasteiger partial charge in [-0.05, 0) is 19.3 Å². The van der Waals surface area contributed by atoms with Crippen LogP contribution in [0.4, 0.5) is 0 Å². The Hall–Kier alpha value is -0.900. The van der Waals surface area contributed by atoms with E-state index in [0.29, 0.717) is 12.6 Å². The van der Waals surface area contributed by atoms with Gasteiger partial charge in [0.2, 0.25) is 0 Å². The number of hydrogen-bond donors (Lipinski definition) is 0. The third-order valence-electron chi connectivity index (χ3n) is 5.80. The maximum absolute atomic E-state index is 6.22. The molecule has 0 N–H and O–H groups in total. The molecule has 0 aliphatic rings. The number of rotatable bonds is 26. The van der Waals surface area contributed by atoms with Crippen LogP contribution in [0.25, 0.3) is 0 Å². The van der Waals surface area contributed by atoms with Crippen molar-refractivity contribution >= 4 is 0 Å². The molecule has 0 aromatic heterocycles. The second-order valence-corrected chi connectivity index (χ2v) is 9.01. The predicted molar refractivity (Wildman–Crippen MR) is 137 cm³/mol. The summed E-state index contributed by atoms with van der Waals surface area (Å²) in [5, 5.41) is 0. The Kier molecular flexibility index (Phi) is 25.6. The van der Waals surface area contributed by atoms with Crippen LogP contribution in [0.1, 0.15) is 143 Å². The molecular weight excluding hydrogens is 400 g/mol. The second-order valence-electron chi connectivity index (χ2n) is 9.01. The van der Waals surface area contributed by atoms with Crippen molar-refractivity contribution in [3.63, 3.8) is 0 Å². The lowest BCUT2D eigenvalue weighted by Gasteiger charge is -2.17. The standard InChI is InChI=1S/C28H56O4/c1-5-8-11-14-17-20-23-27(30-24-21-18-15-12-9-6-2)28(32-26-29-4)31-25-22-19-16-13-10-7-3/h5-26H2,1-4H3. The molecule has 0 unspecified atom stereocenters. The Morgan fingerprint density at radius 3 is 1.41 bits per heavy atom. The summed E-state index contributed by atoms with van der Waals surface area (Å²) in [6, 6.07) is 0. The van der Waals surface area contributed by atoms with Crippen LogP contribution in [0, 0.1) is 0 Å². The Bertz CT molecular complexity index is 395. The van der Waals surface area contributed by atoms with Gasteiger partial charge < -0.3 is 18.9 Å². The van der Waals surface area contributed by atoms with Crippen molar-refractivity contribution in [1.82, 2.24) is 0 Å². The van der Waals surface area contributed by atoms with Gasteiger partial charge in [-0.2, -0.15) is 0 Å². The first-order valence-corrected chi connectivity index (χ1v) is 13.9. The van der Waals surface area contributed by atoms with Gasteiger partial charge in [-0.15, -0.1) is 0 Å². The minimum absolute atomic E-state index is 0.201. The summed E-state index contributed by atoms with van der Waals surface area (Å²) in [6.45, 7) is 8.41. The largest absolute Gasteiger partial charge is 0.491 e. The average molecular weight is 457 g/mol. The topological polar surface area (TPSA) is 36.9 Å². The highest BCUT2D eigenvalue weighted by Crippen LogP contribution is 2.20. The van der Waals surface area contributed by atoms with Gasteiger partial charge >= 0.3 is 5.95 Å². The van der Waals surface area contributed by atoms with Gasteiger partial charge in [-0.3, -0.25) is 0 Å². The molecule has 0 aromatic carbocycles. The molecular formula is C28H56O4. The number of unbranched alkanes of at least 4 members (excludes halogenated alkanes) is 15. The van der Waals surface area contributed by atoms with Gasteiger partial charge in [0.05, 0.1) is 13.2 Å². The molecule has 0 rings (SSSR count). The fourth-order valence-electron chi connectivity index (χ4n) is 3.74. The third-order valence-corrected chi connectivity index (χ3v) is 5.80. The average Bonchev–Trinajstić information content (AvgIpc) is 2.81. The molecule has 0 bridgehead atoms. The van der Waals surface area contributed by atoms with E-state index in [9.17, 15) is 0 Å². The molecule has 0 aromatic rings. The Balaban J connectivity index is 4.62. The van der Waals surface area contributed by atoms with Crippen molar-refractivity contribution < 1.29 is 18.9 Å². The maximum Gasteiger partial charge on any atom is 0.321 e. The molecule has 0 aliphatic carbocycles. The van der Waals surface area contributed by atoms with Crippen molar-refractivity contribution in [3.8, 4) is 0 Å². The summed E-state index contributed by atoms with van der Waals surface area (Å²) in [5.41, 5.74) is 0. The van der Waals surface area contributed by atoms with Gasteiger partial charge in [0.15, 0.2) is 12.6 Å². The van der Waals surface area contributed by atoms with Gasteiger partial charge in [0.25, 0.3) is 0 Å². The number of methoxy groups -OCH3 is 1. The number of hydrogen-bond acceptors (Lipinski definition) is 4. The molecule has 192 valence electrons. The second kappa shape index (κ2) is 26.4. The van der Waals surface area contributed by atoms with Crippen LogP contribution in [0.5, 0.6) is 0 Å². The van der Waals surface area contributed by atoms with E-state index < -0.39 is 0 Å². The van der Waals surface area contributed by atoms with Gasteiger partial charge in [0, 0.05) is 13.5 Å². The molecule has 0 heterocycles.